The minimum Gasteiger partial charge on any atom is -0.352 e. The van der Waals surface area contributed by atoms with Crippen LogP contribution in [0.4, 0.5) is 0 Å². The number of aromatic nitrogens is 2. The van der Waals surface area contributed by atoms with Gasteiger partial charge in [-0.15, -0.1) is 0 Å². The minimum absolute atomic E-state index is 0.0301. The third-order valence-corrected chi connectivity index (χ3v) is 5.45. The Labute approximate surface area is 171 Å². The van der Waals surface area contributed by atoms with Crippen molar-refractivity contribution in [2.75, 3.05) is 27.2 Å². The Hall–Kier alpha value is -2.70. The zero-order valence-electron chi connectivity index (χ0n) is 16.2. The number of para-hydroxylation sites is 1. The number of hydrogen-bond acceptors (Lipinski definition) is 3. The molecular weight excluding hydrogens is 366 g/mol. The van der Waals surface area contributed by atoms with Crippen molar-refractivity contribution in [1.29, 1.82) is 0 Å². The molecule has 1 N–H and O–H groups in total. The lowest BCUT2D eigenvalue weighted by atomic mass is 9.99. The molecule has 4 rings (SSSR count). The highest BCUT2D eigenvalue weighted by Crippen LogP contribution is 2.38. The summed E-state index contributed by atoms with van der Waals surface area (Å²) in [4.78, 5) is 9.07. The van der Waals surface area contributed by atoms with Gasteiger partial charge >= 0.3 is 0 Å². The predicted octanol–water partition coefficient (Wildman–Crippen LogP) is 3.41. The summed E-state index contributed by atoms with van der Waals surface area (Å²) in [5, 5.41) is 4.30. The zero-order chi connectivity index (χ0) is 19.5. The predicted molar refractivity (Wildman–Crippen MR) is 116 cm³/mol. The maximum Gasteiger partial charge on any atom is 0.170 e. The van der Waals surface area contributed by atoms with E-state index in [0.717, 1.165) is 29.6 Å². The molecule has 3 aromatic rings. The van der Waals surface area contributed by atoms with E-state index in [0.29, 0.717) is 0 Å². The summed E-state index contributed by atoms with van der Waals surface area (Å²) in [6.45, 7) is 1.80. The van der Waals surface area contributed by atoms with Gasteiger partial charge in [0, 0.05) is 37.4 Å². The van der Waals surface area contributed by atoms with Gasteiger partial charge in [0.1, 0.15) is 0 Å². The van der Waals surface area contributed by atoms with Crippen molar-refractivity contribution >= 4 is 17.3 Å². The maximum atomic E-state index is 5.71. The highest BCUT2D eigenvalue weighted by Gasteiger charge is 2.39. The molecule has 1 aliphatic heterocycles. The molecule has 1 aromatic carbocycles. The second kappa shape index (κ2) is 8.12. The Morgan fingerprint density at radius 3 is 2.57 bits per heavy atom. The molecule has 0 bridgehead atoms. The van der Waals surface area contributed by atoms with Gasteiger partial charge in [0.05, 0.1) is 17.8 Å². The summed E-state index contributed by atoms with van der Waals surface area (Å²) < 4.78 is 2.16. The first kappa shape index (κ1) is 18.7. The summed E-state index contributed by atoms with van der Waals surface area (Å²) in [6.07, 6.45) is 6.16. The first-order chi connectivity index (χ1) is 13.6. The van der Waals surface area contributed by atoms with Crippen LogP contribution in [0, 0.1) is 0 Å². The topological polar surface area (TPSA) is 36.3 Å². The van der Waals surface area contributed by atoms with Crippen LogP contribution in [-0.2, 0) is 0 Å². The van der Waals surface area contributed by atoms with Gasteiger partial charge in [-0.2, -0.15) is 0 Å². The number of hydrogen-bond donors (Lipinski definition) is 1. The van der Waals surface area contributed by atoms with Gasteiger partial charge in [-0.3, -0.25) is 4.98 Å². The van der Waals surface area contributed by atoms with Gasteiger partial charge in [-0.05, 0) is 62.2 Å². The van der Waals surface area contributed by atoms with E-state index in [1.807, 2.05) is 24.4 Å². The van der Waals surface area contributed by atoms with Crippen LogP contribution in [-0.4, -0.2) is 51.6 Å². The monoisotopic (exact) mass is 391 g/mol. The highest BCUT2D eigenvalue weighted by atomic mass is 32.1. The zero-order valence-corrected chi connectivity index (χ0v) is 17.0. The Kier molecular flexibility index (Phi) is 5.41. The molecule has 1 fully saturated rings. The van der Waals surface area contributed by atoms with Crippen LogP contribution in [0.2, 0.25) is 0 Å². The molecule has 0 spiro atoms. The van der Waals surface area contributed by atoms with E-state index in [1.54, 1.807) is 0 Å². The van der Waals surface area contributed by atoms with Crippen LogP contribution in [0.5, 0.6) is 0 Å². The summed E-state index contributed by atoms with van der Waals surface area (Å²) >= 11 is 5.71. The summed E-state index contributed by atoms with van der Waals surface area (Å²) in [6, 6.07) is 18.7. The molecule has 0 saturated carbocycles. The van der Waals surface area contributed by atoms with Crippen LogP contribution in [0.25, 0.3) is 5.69 Å². The van der Waals surface area contributed by atoms with E-state index in [1.165, 1.54) is 5.56 Å². The first-order valence-corrected chi connectivity index (χ1v) is 9.90. The summed E-state index contributed by atoms with van der Waals surface area (Å²) in [7, 11) is 4.17. The third kappa shape index (κ3) is 3.79. The molecule has 0 radical (unpaired) electrons. The van der Waals surface area contributed by atoms with Gasteiger partial charge in [-0.1, -0.05) is 24.3 Å². The van der Waals surface area contributed by atoms with Crippen LogP contribution >= 0.6 is 12.2 Å². The fraction of sp³-hybridized carbons (Fsp3) is 0.273. The molecule has 5 nitrogen and oxygen atoms in total. The van der Waals surface area contributed by atoms with Crippen molar-refractivity contribution in [3.8, 4) is 5.69 Å². The van der Waals surface area contributed by atoms with Crippen molar-refractivity contribution in [3.63, 3.8) is 0 Å². The van der Waals surface area contributed by atoms with Crippen molar-refractivity contribution in [2.45, 2.75) is 12.1 Å². The molecule has 28 heavy (non-hydrogen) atoms. The Morgan fingerprint density at radius 1 is 1.07 bits per heavy atom. The molecular formula is C22H25N5S. The van der Waals surface area contributed by atoms with Gasteiger partial charge in [0.2, 0.25) is 0 Å². The number of thiocarbonyl (C=S) groups is 1. The molecule has 144 valence electrons. The van der Waals surface area contributed by atoms with E-state index in [-0.39, 0.29) is 12.1 Å². The highest BCUT2D eigenvalue weighted by molar-refractivity contribution is 7.80. The lowest BCUT2D eigenvalue weighted by Gasteiger charge is -2.28. The average molecular weight is 392 g/mol. The van der Waals surface area contributed by atoms with Crippen LogP contribution < -0.4 is 5.32 Å². The number of rotatable bonds is 6. The lowest BCUT2D eigenvalue weighted by molar-refractivity contribution is 0.278. The van der Waals surface area contributed by atoms with Gasteiger partial charge in [-0.25, -0.2) is 0 Å². The smallest absolute Gasteiger partial charge is 0.170 e. The molecule has 2 atom stereocenters. The maximum absolute atomic E-state index is 5.71. The Balaban J connectivity index is 1.70. The van der Waals surface area contributed by atoms with E-state index >= 15 is 0 Å². The van der Waals surface area contributed by atoms with Crippen molar-refractivity contribution in [2.24, 2.45) is 0 Å². The largest absolute Gasteiger partial charge is 0.352 e. The van der Waals surface area contributed by atoms with E-state index < -0.39 is 0 Å². The van der Waals surface area contributed by atoms with E-state index in [9.17, 15) is 0 Å². The second-order valence-electron chi connectivity index (χ2n) is 7.31. The standard InChI is InChI=1S/C22H25N5S/c1-25(2)14-15-27-21(20(24-22(27)28)19-10-6-7-12-23-19)17-11-13-26(16-17)18-8-4-3-5-9-18/h3-13,16,20-21H,14-15H2,1-2H3,(H,24,28). The lowest BCUT2D eigenvalue weighted by Crippen LogP contribution is -2.35. The van der Waals surface area contributed by atoms with Crippen molar-refractivity contribution in [3.05, 3.63) is 84.4 Å². The number of pyridine rings is 1. The van der Waals surface area contributed by atoms with Gasteiger partial charge in [0.25, 0.3) is 0 Å². The fourth-order valence-corrected chi connectivity index (χ4v) is 4.00. The fourth-order valence-electron chi connectivity index (χ4n) is 3.67. The van der Waals surface area contributed by atoms with Gasteiger partial charge in [0.15, 0.2) is 5.11 Å². The second-order valence-corrected chi connectivity index (χ2v) is 7.70. The van der Waals surface area contributed by atoms with E-state index in [2.05, 4.69) is 87.6 Å². The van der Waals surface area contributed by atoms with Crippen LogP contribution in [0.1, 0.15) is 23.3 Å². The number of nitrogens with one attached hydrogen (secondary N) is 1. The van der Waals surface area contributed by atoms with Crippen LogP contribution in [0.3, 0.4) is 0 Å². The normalized spacial score (nSPS) is 19.2. The molecule has 0 aliphatic carbocycles. The Bertz CT molecular complexity index is 922. The summed E-state index contributed by atoms with van der Waals surface area (Å²) in [5.41, 5.74) is 3.39. The Morgan fingerprint density at radius 2 is 1.86 bits per heavy atom. The van der Waals surface area contributed by atoms with Gasteiger partial charge < -0.3 is 19.7 Å². The molecule has 2 unspecified atom stereocenters. The van der Waals surface area contributed by atoms with E-state index in [4.69, 9.17) is 12.2 Å². The molecule has 6 heteroatoms. The number of benzene rings is 1. The van der Waals surface area contributed by atoms with Crippen molar-refractivity contribution < 1.29 is 0 Å². The molecule has 0 amide bonds. The number of nitrogens with zero attached hydrogens (tertiary/aromatic N) is 4. The molecule has 3 heterocycles. The average Bonchev–Trinajstić information content (AvgIpc) is 3.32. The molecule has 2 aromatic heterocycles. The van der Waals surface area contributed by atoms with Crippen molar-refractivity contribution in [1.82, 2.24) is 24.7 Å². The minimum atomic E-state index is 0.0301. The SMILES string of the molecule is CN(C)CCN1C(=S)NC(c2ccccn2)C1c1ccn(-c2ccccc2)c1. The molecule has 1 saturated heterocycles. The van der Waals surface area contributed by atoms with Crippen LogP contribution in [0.15, 0.2) is 73.2 Å². The third-order valence-electron chi connectivity index (χ3n) is 5.10. The summed E-state index contributed by atoms with van der Waals surface area (Å²) in [5.74, 6) is 0. The first-order valence-electron chi connectivity index (χ1n) is 9.49. The molecule has 1 aliphatic rings. The number of likely N-dealkylation sites (N-methyl/N-ethyl adjacent to an activating group) is 1. The quantitative estimate of drug-likeness (QED) is 0.652.